The van der Waals surface area contributed by atoms with Gasteiger partial charge in [-0.25, -0.2) is 0 Å². The van der Waals surface area contributed by atoms with Crippen LogP contribution in [0.15, 0.2) is 48.9 Å². The van der Waals surface area contributed by atoms with E-state index in [0.717, 1.165) is 35.3 Å². The molecule has 1 atom stereocenters. The maximum Gasteiger partial charge on any atom is 0.225 e. The zero-order valence-corrected chi connectivity index (χ0v) is 15.1. The maximum atomic E-state index is 12.5. The molecule has 0 spiro atoms. The summed E-state index contributed by atoms with van der Waals surface area (Å²) in [7, 11) is 0. The van der Waals surface area contributed by atoms with Gasteiger partial charge in [0.05, 0.1) is 18.2 Å². The Bertz CT molecular complexity index is 848. The van der Waals surface area contributed by atoms with E-state index in [1.54, 1.807) is 17.5 Å². The van der Waals surface area contributed by atoms with Crippen molar-refractivity contribution in [1.29, 1.82) is 0 Å². The van der Waals surface area contributed by atoms with Gasteiger partial charge in [0, 0.05) is 31.7 Å². The highest BCUT2D eigenvalue weighted by atomic mass is 32.1. The lowest BCUT2D eigenvalue weighted by molar-refractivity contribution is -0.125. The van der Waals surface area contributed by atoms with Crippen LogP contribution >= 0.6 is 11.3 Å². The second-order valence-corrected chi connectivity index (χ2v) is 7.22. The van der Waals surface area contributed by atoms with Gasteiger partial charge in [0.15, 0.2) is 0 Å². The Morgan fingerprint density at radius 2 is 2.04 bits per heavy atom. The van der Waals surface area contributed by atoms with E-state index in [1.165, 1.54) is 0 Å². The Morgan fingerprint density at radius 3 is 2.85 bits per heavy atom. The zero-order valence-electron chi connectivity index (χ0n) is 14.3. The quantitative estimate of drug-likeness (QED) is 0.748. The molecule has 0 aliphatic carbocycles. The Labute approximate surface area is 155 Å². The molecule has 0 bridgehead atoms. The summed E-state index contributed by atoms with van der Waals surface area (Å²) in [6.07, 6.45) is 7.51. The fraction of sp³-hybridized carbons (Fsp3) is 0.333. The number of pyridine rings is 1. The number of anilines is 1. The average Bonchev–Trinajstić information content (AvgIpc) is 3.38. The van der Waals surface area contributed by atoms with Gasteiger partial charge >= 0.3 is 0 Å². The predicted molar refractivity (Wildman–Crippen MR) is 100 cm³/mol. The van der Waals surface area contributed by atoms with Gasteiger partial charge in [-0.2, -0.15) is 0 Å². The van der Waals surface area contributed by atoms with E-state index < -0.39 is 0 Å². The molecule has 3 aromatic heterocycles. The van der Waals surface area contributed by atoms with Crippen LogP contribution in [0.25, 0.3) is 5.13 Å². The van der Waals surface area contributed by atoms with Gasteiger partial charge in [-0.05, 0) is 37.1 Å². The van der Waals surface area contributed by atoms with Crippen LogP contribution in [0.4, 0.5) is 5.13 Å². The number of hydrogen-bond acceptors (Lipinski definition) is 6. The molecule has 1 aliphatic heterocycles. The highest BCUT2D eigenvalue weighted by Gasteiger charge is 2.27. The minimum atomic E-state index is -0.0357. The van der Waals surface area contributed by atoms with Crippen LogP contribution in [0.1, 0.15) is 18.5 Å². The number of rotatable bonds is 5. The van der Waals surface area contributed by atoms with Crippen molar-refractivity contribution in [3.8, 4) is 5.13 Å². The smallest absolute Gasteiger partial charge is 0.225 e. The first-order chi connectivity index (χ1) is 12.8. The largest absolute Gasteiger partial charge is 0.350 e. The number of amides is 1. The minimum Gasteiger partial charge on any atom is -0.350 e. The second kappa shape index (κ2) is 7.65. The molecule has 4 heterocycles. The summed E-state index contributed by atoms with van der Waals surface area (Å²) >= 11 is 1.55. The van der Waals surface area contributed by atoms with Crippen molar-refractivity contribution in [1.82, 2.24) is 25.1 Å². The molecule has 8 heteroatoms. The van der Waals surface area contributed by atoms with Crippen molar-refractivity contribution in [3.63, 3.8) is 0 Å². The van der Waals surface area contributed by atoms with Crippen molar-refractivity contribution in [2.75, 3.05) is 18.0 Å². The minimum absolute atomic E-state index is 0.0357. The molecule has 1 aliphatic rings. The number of nitrogens with one attached hydrogen (secondary N) is 1. The van der Waals surface area contributed by atoms with Gasteiger partial charge < -0.3 is 10.2 Å². The number of aromatic nitrogens is 4. The lowest BCUT2D eigenvalue weighted by atomic mass is 9.97. The molecule has 0 unspecified atom stereocenters. The molecule has 0 aromatic carbocycles. The Kier molecular flexibility index (Phi) is 4.92. The molecule has 1 saturated heterocycles. The maximum absolute atomic E-state index is 12.5. The van der Waals surface area contributed by atoms with Crippen molar-refractivity contribution < 1.29 is 4.79 Å². The van der Waals surface area contributed by atoms with E-state index in [1.807, 2.05) is 47.3 Å². The van der Waals surface area contributed by atoms with Gasteiger partial charge in [0.1, 0.15) is 0 Å². The summed E-state index contributed by atoms with van der Waals surface area (Å²) in [5.74, 6) is 0.0434. The Balaban J connectivity index is 1.37. The van der Waals surface area contributed by atoms with Crippen LogP contribution in [0, 0.1) is 5.92 Å². The molecule has 1 amide bonds. The molecule has 1 N–H and O–H groups in total. The number of carbonyl (C=O) groups is 1. The molecule has 1 fully saturated rings. The zero-order chi connectivity index (χ0) is 17.8. The van der Waals surface area contributed by atoms with Crippen LogP contribution in [-0.4, -0.2) is 38.7 Å². The average molecular weight is 368 g/mol. The van der Waals surface area contributed by atoms with Gasteiger partial charge in [-0.1, -0.05) is 17.4 Å². The van der Waals surface area contributed by atoms with E-state index >= 15 is 0 Å². The van der Waals surface area contributed by atoms with Crippen LogP contribution in [0.3, 0.4) is 0 Å². The lowest BCUT2D eigenvalue weighted by Gasteiger charge is -2.31. The molecule has 0 radical (unpaired) electrons. The lowest BCUT2D eigenvalue weighted by Crippen LogP contribution is -2.43. The van der Waals surface area contributed by atoms with Gasteiger partial charge in [-0.3, -0.25) is 14.3 Å². The molecule has 26 heavy (non-hydrogen) atoms. The van der Waals surface area contributed by atoms with Crippen LogP contribution in [0.5, 0.6) is 0 Å². The van der Waals surface area contributed by atoms with Crippen LogP contribution in [0.2, 0.25) is 0 Å². The third kappa shape index (κ3) is 3.75. The molecular formula is C18H20N6OS. The van der Waals surface area contributed by atoms with Crippen LogP contribution < -0.4 is 10.2 Å². The van der Waals surface area contributed by atoms with E-state index in [9.17, 15) is 4.79 Å². The topological polar surface area (TPSA) is 75.9 Å². The molecule has 4 rings (SSSR count). The number of piperidine rings is 1. The molecule has 0 saturated carbocycles. The molecule has 7 nitrogen and oxygen atoms in total. The third-order valence-electron chi connectivity index (χ3n) is 4.46. The Morgan fingerprint density at radius 1 is 1.19 bits per heavy atom. The van der Waals surface area contributed by atoms with E-state index in [0.29, 0.717) is 13.1 Å². The van der Waals surface area contributed by atoms with Gasteiger partial charge in [-0.15, -0.1) is 10.2 Å². The van der Waals surface area contributed by atoms with E-state index in [4.69, 9.17) is 0 Å². The van der Waals surface area contributed by atoms with E-state index in [2.05, 4.69) is 25.4 Å². The second-order valence-electron chi connectivity index (χ2n) is 6.28. The number of hydrogen-bond donors (Lipinski definition) is 1. The Hall–Kier alpha value is -2.74. The standard InChI is InChI=1S/C18H20N6OS/c25-16(20-12-15-7-1-2-8-19-15)14-6-5-11-24(13-14)18-22-21-17(26-18)23-9-3-4-10-23/h1-4,7-10,14H,5-6,11-13H2,(H,20,25)/t14-/m1/s1. The third-order valence-corrected chi connectivity index (χ3v) is 5.46. The highest BCUT2D eigenvalue weighted by Crippen LogP contribution is 2.27. The van der Waals surface area contributed by atoms with Gasteiger partial charge in [0.2, 0.25) is 16.2 Å². The molecule has 3 aromatic rings. The highest BCUT2D eigenvalue weighted by molar-refractivity contribution is 7.17. The summed E-state index contributed by atoms with van der Waals surface area (Å²) in [5, 5.41) is 13.3. The van der Waals surface area contributed by atoms with Crippen molar-refractivity contribution >= 4 is 22.4 Å². The van der Waals surface area contributed by atoms with Crippen molar-refractivity contribution in [3.05, 3.63) is 54.6 Å². The predicted octanol–water partition coefficient (Wildman–Crippen LogP) is 2.26. The summed E-state index contributed by atoms with van der Waals surface area (Å²) in [6.45, 7) is 2.05. The van der Waals surface area contributed by atoms with E-state index in [-0.39, 0.29) is 11.8 Å². The summed E-state index contributed by atoms with van der Waals surface area (Å²) < 4.78 is 1.95. The number of nitrogens with zero attached hydrogens (tertiary/aromatic N) is 5. The fourth-order valence-corrected chi connectivity index (χ4v) is 3.94. The molecular weight excluding hydrogens is 348 g/mol. The normalized spacial score (nSPS) is 17.2. The van der Waals surface area contributed by atoms with Crippen molar-refractivity contribution in [2.45, 2.75) is 19.4 Å². The van der Waals surface area contributed by atoms with Gasteiger partial charge in [0.25, 0.3) is 0 Å². The summed E-state index contributed by atoms with van der Waals surface area (Å²) in [5.41, 5.74) is 0.869. The molecule has 134 valence electrons. The summed E-state index contributed by atoms with van der Waals surface area (Å²) in [4.78, 5) is 18.9. The van der Waals surface area contributed by atoms with Crippen molar-refractivity contribution in [2.24, 2.45) is 5.92 Å². The first-order valence-corrected chi connectivity index (χ1v) is 9.50. The fourth-order valence-electron chi connectivity index (χ4n) is 3.09. The SMILES string of the molecule is O=C(NCc1ccccn1)[C@@H]1CCCN(c2nnc(-n3cccc3)s2)C1. The summed E-state index contributed by atoms with van der Waals surface area (Å²) in [6, 6.07) is 9.63. The first kappa shape index (κ1) is 16.7. The van der Waals surface area contributed by atoms with Crippen LogP contribution in [-0.2, 0) is 11.3 Å². The number of carbonyl (C=O) groups excluding carboxylic acids is 1. The monoisotopic (exact) mass is 368 g/mol. The first-order valence-electron chi connectivity index (χ1n) is 8.69.